The molecule has 0 saturated carbocycles. The standard InChI is InChI=1S/C51H72N6O8/c1-5-34(2)47(61)55-41-23-13-15-26-53-48(62)39(30-36-18-8-6-9-19-36)33-45(59)42-24-16-28-56(42)50(64)38(32-44(58)35(3)52-4)22-12-14-27-54-49(63)40(31-37-20-10-7-11-21-37)46(60)43-25-17-29-57(43)51(41)65/h6-11,18-21,34-35,38-43,52H,5,12-17,22-33H2,1-4H3,(H,53,62)(H,54,63)(H,55,61)/t34-,35+,38-,39-,40-,41+,42?,43+/m1/s1. The summed E-state index contributed by atoms with van der Waals surface area (Å²) in [4.78, 5) is 115. The third-order valence-corrected chi connectivity index (χ3v) is 13.7. The molecule has 14 nitrogen and oxygen atoms in total. The summed E-state index contributed by atoms with van der Waals surface area (Å²) in [7, 11) is 1.69. The van der Waals surface area contributed by atoms with Crippen LogP contribution in [-0.4, -0.2) is 114 Å². The summed E-state index contributed by atoms with van der Waals surface area (Å²) in [5.41, 5.74) is 1.71. The van der Waals surface area contributed by atoms with E-state index in [2.05, 4.69) is 21.3 Å². The highest BCUT2D eigenvalue weighted by Crippen LogP contribution is 2.29. The Kier molecular flexibility index (Phi) is 19.9. The Bertz CT molecular complexity index is 1940. The molecule has 3 heterocycles. The minimum atomic E-state index is -1.08. The Hall–Kier alpha value is -5.24. The van der Waals surface area contributed by atoms with Crippen LogP contribution in [-0.2, 0) is 51.2 Å². The highest BCUT2D eigenvalue weighted by Gasteiger charge is 2.43. The van der Waals surface area contributed by atoms with Crippen LogP contribution in [0.2, 0.25) is 0 Å². The van der Waals surface area contributed by atoms with Crippen molar-refractivity contribution in [2.75, 3.05) is 33.2 Å². The fraction of sp³-hybridized carbons (Fsp3) is 0.608. The van der Waals surface area contributed by atoms with E-state index in [0.717, 1.165) is 11.1 Å². The number of hydrogen-bond donors (Lipinski definition) is 4. The number of benzene rings is 2. The first-order chi connectivity index (χ1) is 31.3. The Labute approximate surface area is 385 Å². The number of likely N-dealkylation sites (N-methyl/N-ethyl adjacent to an activating group) is 1. The summed E-state index contributed by atoms with van der Waals surface area (Å²) in [5, 5.41) is 11.9. The largest absolute Gasteiger partial charge is 0.356 e. The normalized spacial score (nSPS) is 25.9. The van der Waals surface area contributed by atoms with E-state index in [-0.39, 0.29) is 85.7 Å². The molecule has 0 bridgehead atoms. The van der Waals surface area contributed by atoms with Crippen molar-refractivity contribution in [2.24, 2.45) is 23.7 Å². The van der Waals surface area contributed by atoms with Gasteiger partial charge in [0.05, 0.1) is 18.1 Å². The summed E-state index contributed by atoms with van der Waals surface area (Å²) < 4.78 is 0. The lowest BCUT2D eigenvalue weighted by Crippen LogP contribution is -2.54. The molecule has 3 aliphatic heterocycles. The van der Waals surface area contributed by atoms with Gasteiger partial charge < -0.3 is 31.1 Å². The molecule has 2 aromatic carbocycles. The SMILES string of the molecule is CC[C@@H](C)C(=O)N[C@H]1CCCCNC(=O)[C@H](Cc2ccccc2)CC(=O)C2CCCN2C(=O)[C@@H](CC(=O)[C@H](C)NC)CCCCNC(=O)[C@H](Cc2ccccc2)C(=O)[C@@H]2CCCN2C1=O. The van der Waals surface area contributed by atoms with E-state index in [9.17, 15) is 38.4 Å². The van der Waals surface area contributed by atoms with Crippen LogP contribution in [0.15, 0.2) is 60.7 Å². The number of ketones is 3. The molecule has 3 saturated heterocycles. The fourth-order valence-electron chi connectivity index (χ4n) is 9.40. The molecule has 3 aliphatic rings. The fourth-order valence-corrected chi connectivity index (χ4v) is 9.40. The van der Waals surface area contributed by atoms with Crippen LogP contribution in [0.5, 0.6) is 0 Å². The molecule has 354 valence electrons. The Morgan fingerprint density at radius 1 is 0.677 bits per heavy atom. The Balaban J connectivity index is 1.43. The molecule has 0 radical (unpaired) electrons. The van der Waals surface area contributed by atoms with E-state index >= 15 is 0 Å². The predicted octanol–water partition coefficient (Wildman–Crippen LogP) is 4.52. The second-order valence-corrected chi connectivity index (χ2v) is 18.4. The molecule has 3 fully saturated rings. The summed E-state index contributed by atoms with van der Waals surface area (Å²) in [6.45, 7) is 6.65. The van der Waals surface area contributed by atoms with Crippen LogP contribution >= 0.6 is 0 Å². The number of nitrogens with one attached hydrogen (secondary N) is 4. The van der Waals surface area contributed by atoms with E-state index in [0.29, 0.717) is 83.7 Å². The number of rotatable bonds is 11. The second-order valence-electron chi connectivity index (χ2n) is 18.4. The highest BCUT2D eigenvalue weighted by molar-refractivity contribution is 6.05. The molecule has 0 spiro atoms. The van der Waals surface area contributed by atoms with Crippen LogP contribution < -0.4 is 21.3 Å². The predicted molar refractivity (Wildman–Crippen MR) is 248 cm³/mol. The maximum Gasteiger partial charge on any atom is 0.245 e. The third kappa shape index (κ3) is 14.4. The van der Waals surface area contributed by atoms with Crippen molar-refractivity contribution < 1.29 is 38.4 Å². The molecular formula is C51H72N6O8. The average Bonchev–Trinajstić information content (AvgIpc) is 4.02. The quantitative estimate of drug-likeness (QED) is 0.235. The number of Topliss-reactive ketones (excluding diaryl/α,β-unsaturated/α-hetero) is 3. The molecule has 0 aromatic heterocycles. The van der Waals surface area contributed by atoms with Crippen LogP contribution in [0.4, 0.5) is 0 Å². The molecule has 5 amide bonds. The van der Waals surface area contributed by atoms with E-state index in [1.807, 2.05) is 67.6 Å². The summed E-state index contributed by atoms with van der Waals surface area (Å²) in [6, 6.07) is 15.9. The summed E-state index contributed by atoms with van der Waals surface area (Å²) in [6.07, 6.45) is 5.61. The van der Waals surface area contributed by atoms with Crippen LogP contribution in [0, 0.1) is 23.7 Å². The highest BCUT2D eigenvalue weighted by atomic mass is 16.2. The summed E-state index contributed by atoms with van der Waals surface area (Å²) >= 11 is 0. The molecular weight excluding hydrogens is 825 g/mol. The first kappa shape index (κ1) is 50.8. The smallest absolute Gasteiger partial charge is 0.245 e. The van der Waals surface area contributed by atoms with E-state index in [1.54, 1.807) is 30.7 Å². The maximum absolute atomic E-state index is 14.6. The van der Waals surface area contributed by atoms with Gasteiger partial charge in [-0.3, -0.25) is 38.4 Å². The minimum absolute atomic E-state index is 0.00389. The number of amides is 5. The lowest BCUT2D eigenvalue weighted by atomic mass is 9.89. The lowest BCUT2D eigenvalue weighted by molar-refractivity contribution is -0.144. The van der Waals surface area contributed by atoms with Gasteiger partial charge in [0.2, 0.25) is 29.5 Å². The Morgan fingerprint density at radius 2 is 1.25 bits per heavy atom. The van der Waals surface area contributed by atoms with Gasteiger partial charge in [-0.1, -0.05) is 80.9 Å². The van der Waals surface area contributed by atoms with Gasteiger partial charge >= 0.3 is 0 Å². The van der Waals surface area contributed by atoms with Gasteiger partial charge in [-0.05, 0) is 102 Å². The lowest BCUT2D eigenvalue weighted by Gasteiger charge is -2.31. The van der Waals surface area contributed by atoms with Gasteiger partial charge in [0, 0.05) is 56.8 Å². The van der Waals surface area contributed by atoms with E-state index in [1.165, 1.54) is 0 Å². The molecule has 2 aromatic rings. The van der Waals surface area contributed by atoms with Crippen molar-refractivity contribution in [3.8, 4) is 0 Å². The molecule has 0 aliphatic carbocycles. The molecule has 4 N–H and O–H groups in total. The van der Waals surface area contributed by atoms with Crippen LogP contribution in [0.3, 0.4) is 0 Å². The topological polar surface area (TPSA) is 191 Å². The maximum atomic E-state index is 14.6. The van der Waals surface area contributed by atoms with Gasteiger partial charge in [0.1, 0.15) is 17.7 Å². The number of fused-ring (bicyclic) bond motifs is 2. The first-order valence-electron chi connectivity index (χ1n) is 24.1. The zero-order valence-corrected chi connectivity index (χ0v) is 39.0. The zero-order chi connectivity index (χ0) is 46.9. The van der Waals surface area contributed by atoms with E-state index in [4.69, 9.17) is 0 Å². The van der Waals surface area contributed by atoms with Crippen molar-refractivity contribution in [3.05, 3.63) is 71.8 Å². The van der Waals surface area contributed by atoms with Gasteiger partial charge in [-0.15, -0.1) is 0 Å². The molecule has 1 unspecified atom stereocenters. The number of carbonyl (C=O) groups is 8. The summed E-state index contributed by atoms with van der Waals surface area (Å²) in [5.74, 6) is -5.03. The number of carbonyl (C=O) groups excluding carboxylic acids is 8. The molecule has 8 atom stereocenters. The van der Waals surface area contributed by atoms with Gasteiger partial charge in [0.25, 0.3) is 0 Å². The Morgan fingerprint density at radius 3 is 1.86 bits per heavy atom. The average molecular weight is 897 g/mol. The van der Waals surface area contributed by atoms with Gasteiger partial charge in [-0.2, -0.15) is 0 Å². The van der Waals surface area contributed by atoms with Crippen molar-refractivity contribution in [2.45, 2.75) is 141 Å². The molecule has 5 rings (SSSR count). The number of hydrogen-bond acceptors (Lipinski definition) is 9. The molecule has 65 heavy (non-hydrogen) atoms. The van der Waals surface area contributed by atoms with Crippen LogP contribution in [0.25, 0.3) is 0 Å². The van der Waals surface area contributed by atoms with Crippen LogP contribution in [0.1, 0.15) is 115 Å². The van der Waals surface area contributed by atoms with Crippen molar-refractivity contribution >= 4 is 46.9 Å². The van der Waals surface area contributed by atoms with Crippen molar-refractivity contribution in [1.29, 1.82) is 0 Å². The van der Waals surface area contributed by atoms with E-state index < -0.39 is 47.8 Å². The van der Waals surface area contributed by atoms with Crippen molar-refractivity contribution in [3.63, 3.8) is 0 Å². The number of nitrogens with zero attached hydrogens (tertiary/aromatic N) is 2. The zero-order valence-electron chi connectivity index (χ0n) is 39.0. The van der Waals surface area contributed by atoms with Crippen molar-refractivity contribution in [1.82, 2.24) is 31.1 Å². The first-order valence-corrected chi connectivity index (χ1v) is 24.1. The third-order valence-electron chi connectivity index (χ3n) is 13.7. The minimum Gasteiger partial charge on any atom is -0.356 e. The monoisotopic (exact) mass is 897 g/mol. The second kappa shape index (κ2) is 25.5. The molecule has 14 heteroatoms. The van der Waals surface area contributed by atoms with Gasteiger partial charge in [-0.25, -0.2) is 0 Å². The van der Waals surface area contributed by atoms with Gasteiger partial charge in [0.15, 0.2) is 11.6 Å².